The molecule has 2 fully saturated rings. The summed E-state index contributed by atoms with van der Waals surface area (Å²) in [7, 11) is 0. The minimum Gasteiger partial charge on any atom is -0.360 e. The van der Waals surface area contributed by atoms with Crippen LogP contribution in [-0.2, 0) is 9.59 Å². The second-order valence-electron chi connectivity index (χ2n) is 8.14. The van der Waals surface area contributed by atoms with Gasteiger partial charge in [-0.25, -0.2) is 4.79 Å². The predicted octanol–water partition coefficient (Wildman–Crippen LogP) is 2.51. The van der Waals surface area contributed by atoms with Crippen LogP contribution in [0.15, 0.2) is 40.9 Å². The molecule has 1 spiro atoms. The summed E-state index contributed by atoms with van der Waals surface area (Å²) >= 11 is 0. The number of aryl methyl sites for hydroxylation is 1. The fraction of sp³-hybridized carbons (Fsp3) is 0.455. The van der Waals surface area contributed by atoms with E-state index >= 15 is 0 Å². The lowest BCUT2D eigenvalue weighted by atomic mass is 9.98. The number of hydrogen-bond donors (Lipinski definition) is 3. The van der Waals surface area contributed by atoms with Crippen molar-refractivity contribution in [3.05, 3.63) is 47.7 Å². The van der Waals surface area contributed by atoms with Crippen LogP contribution in [0.5, 0.6) is 0 Å². The summed E-state index contributed by atoms with van der Waals surface area (Å²) < 4.78 is 5.01. The molecule has 164 valence electrons. The van der Waals surface area contributed by atoms with E-state index in [4.69, 9.17) is 4.52 Å². The average Bonchev–Trinajstić information content (AvgIpc) is 3.45. The number of nitrogens with one attached hydrogen (secondary N) is 3. The molecule has 0 radical (unpaired) electrons. The van der Waals surface area contributed by atoms with Crippen LogP contribution in [0.2, 0.25) is 0 Å². The molecule has 1 saturated carbocycles. The molecule has 4 amide bonds. The maximum atomic E-state index is 12.9. The first kappa shape index (κ1) is 21.0. The van der Waals surface area contributed by atoms with Gasteiger partial charge >= 0.3 is 6.03 Å². The van der Waals surface area contributed by atoms with Crippen molar-refractivity contribution in [1.82, 2.24) is 20.7 Å². The van der Waals surface area contributed by atoms with Gasteiger partial charge in [0.2, 0.25) is 5.91 Å². The standard InChI is InChI=1S/C22H27N5O4/c1-15-14-17(26-31-15)24-19(28)18(16-8-3-2-4-9-16)23-12-7-13-27-20(29)22(25-21(27)30)10-5-6-11-22/h2-4,8-9,14,18,23H,5-7,10-13H2,1H3,(H,25,30)(H,24,26,28)/t18-/m1/s1. The maximum absolute atomic E-state index is 12.9. The summed E-state index contributed by atoms with van der Waals surface area (Å²) in [5, 5.41) is 12.7. The van der Waals surface area contributed by atoms with Gasteiger partial charge in [0, 0.05) is 12.6 Å². The molecule has 31 heavy (non-hydrogen) atoms. The fourth-order valence-corrected chi connectivity index (χ4v) is 4.31. The van der Waals surface area contributed by atoms with Crippen LogP contribution in [0.25, 0.3) is 0 Å². The maximum Gasteiger partial charge on any atom is 0.325 e. The smallest absolute Gasteiger partial charge is 0.325 e. The predicted molar refractivity (Wildman–Crippen MR) is 113 cm³/mol. The third-order valence-electron chi connectivity index (χ3n) is 5.88. The molecule has 0 unspecified atom stereocenters. The Balaban J connectivity index is 1.35. The highest BCUT2D eigenvalue weighted by molar-refractivity contribution is 6.07. The van der Waals surface area contributed by atoms with Crippen LogP contribution in [0.4, 0.5) is 10.6 Å². The molecule has 0 bridgehead atoms. The SMILES string of the molecule is Cc1cc(NC(=O)[C@H](NCCCN2C(=O)NC3(CCCC3)C2=O)c2ccccc2)no1. The first-order valence-corrected chi connectivity index (χ1v) is 10.7. The third-order valence-corrected chi connectivity index (χ3v) is 5.88. The number of urea groups is 1. The molecule has 2 aliphatic rings. The van der Waals surface area contributed by atoms with Gasteiger partial charge in [-0.2, -0.15) is 0 Å². The van der Waals surface area contributed by atoms with Crippen molar-refractivity contribution in [3.8, 4) is 0 Å². The van der Waals surface area contributed by atoms with E-state index in [1.165, 1.54) is 4.90 Å². The highest BCUT2D eigenvalue weighted by Gasteiger charge is 2.51. The summed E-state index contributed by atoms with van der Waals surface area (Å²) in [4.78, 5) is 39.2. The van der Waals surface area contributed by atoms with Crippen LogP contribution >= 0.6 is 0 Å². The number of imide groups is 1. The van der Waals surface area contributed by atoms with Crippen LogP contribution in [0.1, 0.15) is 49.5 Å². The van der Waals surface area contributed by atoms with Gasteiger partial charge in [-0.15, -0.1) is 0 Å². The van der Waals surface area contributed by atoms with Crippen molar-refractivity contribution in [1.29, 1.82) is 0 Å². The summed E-state index contributed by atoms with van der Waals surface area (Å²) in [5.74, 6) is 0.577. The number of carbonyl (C=O) groups is 3. The van der Waals surface area contributed by atoms with E-state index in [1.54, 1.807) is 13.0 Å². The minimum atomic E-state index is -0.688. The van der Waals surface area contributed by atoms with Crippen LogP contribution < -0.4 is 16.0 Å². The molecule has 1 aromatic heterocycles. The number of carbonyl (C=O) groups excluding carboxylic acids is 3. The molecule has 1 aromatic carbocycles. The third kappa shape index (κ3) is 4.46. The van der Waals surface area contributed by atoms with E-state index in [0.29, 0.717) is 43.9 Å². The molecule has 9 nitrogen and oxygen atoms in total. The van der Waals surface area contributed by atoms with Crippen molar-refractivity contribution in [3.63, 3.8) is 0 Å². The number of hydrogen-bond acceptors (Lipinski definition) is 6. The van der Waals surface area contributed by atoms with E-state index < -0.39 is 11.6 Å². The number of anilines is 1. The quantitative estimate of drug-likeness (QED) is 0.442. The van der Waals surface area contributed by atoms with Crippen molar-refractivity contribution < 1.29 is 18.9 Å². The summed E-state index contributed by atoms with van der Waals surface area (Å²) in [6, 6.07) is 10.1. The van der Waals surface area contributed by atoms with Gasteiger partial charge in [0.25, 0.3) is 5.91 Å². The molecule has 4 rings (SSSR count). The molecule has 1 atom stereocenters. The number of amides is 4. The molecule has 1 aliphatic carbocycles. The molecule has 3 N–H and O–H groups in total. The highest BCUT2D eigenvalue weighted by Crippen LogP contribution is 2.35. The lowest BCUT2D eigenvalue weighted by Crippen LogP contribution is -2.44. The second kappa shape index (κ2) is 8.89. The Hall–Kier alpha value is -3.20. The molecule has 2 heterocycles. The Labute approximate surface area is 180 Å². The van der Waals surface area contributed by atoms with Gasteiger partial charge in [-0.05, 0) is 38.3 Å². The summed E-state index contributed by atoms with van der Waals surface area (Å²) in [5.41, 5.74) is 0.118. The molecular formula is C22H27N5O4. The first-order valence-electron chi connectivity index (χ1n) is 10.7. The molecule has 2 aromatic rings. The molecule has 1 saturated heterocycles. The number of nitrogens with zero attached hydrogens (tertiary/aromatic N) is 2. The first-order chi connectivity index (χ1) is 15.0. The highest BCUT2D eigenvalue weighted by atomic mass is 16.5. The zero-order valence-electron chi connectivity index (χ0n) is 17.5. The lowest BCUT2D eigenvalue weighted by Gasteiger charge is -2.21. The zero-order valence-corrected chi connectivity index (χ0v) is 17.5. The Kier molecular flexibility index (Phi) is 6.03. The van der Waals surface area contributed by atoms with Gasteiger partial charge in [0.05, 0.1) is 0 Å². The van der Waals surface area contributed by atoms with Crippen molar-refractivity contribution in [2.45, 2.75) is 50.6 Å². The van der Waals surface area contributed by atoms with Gasteiger partial charge < -0.3 is 20.5 Å². The summed E-state index contributed by atoms with van der Waals surface area (Å²) in [6.07, 6.45) is 3.88. The molecular weight excluding hydrogens is 398 g/mol. The number of aromatic nitrogens is 1. The monoisotopic (exact) mass is 425 g/mol. The summed E-state index contributed by atoms with van der Waals surface area (Å²) in [6.45, 7) is 2.51. The molecule has 9 heteroatoms. The lowest BCUT2D eigenvalue weighted by molar-refractivity contribution is -0.131. The minimum absolute atomic E-state index is 0.117. The van der Waals surface area contributed by atoms with E-state index in [9.17, 15) is 14.4 Å². The Morgan fingerprint density at radius 1 is 1.26 bits per heavy atom. The van der Waals surface area contributed by atoms with Crippen LogP contribution in [0, 0.1) is 6.92 Å². The Morgan fingerprint density at radius 2 is 2.00 bits per heavy atom. The van der Waals surface area contributed by atoms with Gasteiger partial charge in [0.1, 0.15) is 17.3 Å². The Bertz CT molecular complexity index is 952. The fourth-order valence-electron chi connectivity index (χ4n) is 4.31. The van der Waals surface area contributed by atoms with Gasteiger partial charge in [-0.3, -0.25) is 14.5 Å². The van der Waals surface area contributed by atoms with E-state index in [-0.39, 0.29) is 17.8 Å². The van der Waals surface area contributed by atoms with E-state index in [1.807, 2.05) is 30.3 Å². The number of benzene rings is 1. The zero-order chi connectivity index (χ0) is 21.8. The van der Waals surface area contributed by atoms with E-state index in [2.05, 4.69) is 21.1 Å². The van der Waals surface area contributed by atoms with Gasteiger partial charge in [-0.1, -0.05) is 48.3 Å². The van der Waals surface area contributed by atoms with Crippen LogP contribution in [0.3, 0.4) is 0 Å². The van der Waals surface area contributed by atoms with Crippen LogP contribution in [-0.4, -0.2) is 46.5 Å². The molecule has 1 aliphatic heterocycles. The van der Waals surface area contributed by atoms with Gasteiger partial charge in [0.15, 0.2) is 5.82 Å². The van der Waals surface area contributed by atoms with Crippen molar-refractivity contribution in [2.75, 3.05) is 18.4 Å². The van der Waals surface area contributed by atoms with E-state index in [0.717, 1.165) is 18.4 Å². The normalized spacial score (nSPS) is 18.4. The number of rotatable bonds is 8. The Morgan fingerprint density at radius 3 is 2.68 bits per heavy atom. The largest absolute Gasteiger partial charge is 0.360 e. The van der Waals surface area contributed by atoms with Crippen molar-refractivity contribution >= 4 is 23.7 Å². The topological polar surface area (TPSA) is 117 Å². The average molecular weight is 425 g/mol. The second-order valence-corrected chi connectivity index (χ2v) is 8.14. The van der Waals surface area contributed by atoms with Crippen molar-refractivity contribution in [2.24, 2.45) is 0 Å².